The minimum Gasteiger partial charge on any atom is -0.480 e. The lowest BCUT2D eigenvalue weighted by atomic mass is 10.1. The lowest BCUT2D eigenvalue weighted by Crippen LogP contribution is -2.58. The van der Waals surface area contributed by atoms with Gasteiger partial charge in [0, 0.05) is 13.1 Å². The van der Waals surface area contributed by atoms with Gasteiger partial charge in [0.05, 0.1) is 6.54 Å². The Hall–Kier alpha value is -1.30. The van der Waals surface area contributed by atoms with Gasteiger partial charge in [-0.2, -0.15) is 0 Å². The van der Waals surface area contributed by atoms with Gasteiger partial charge in [-0.15, -0.1) is 0 Å². The number of carbonyl (C=O) groups excluding carboxylic acids is 1. The molecule has 104 valence electrons. The maximum Gasteiger partial charge on any atom is 0.410 e. The molecular formula is C12H22N2O4. The van der Waals surface area contributed by atoms with E-state index >= 15 is 0 Å². The van der Waals surface area contributed by atoms with Crippen LogP contribution in [0.15, 0.2) is 0 Å². The Morgan fingerprint density at radius 1 is 1.33 bits per heavy atom. The van der Waals surface area contributed by atoms with Crippen LogP contribution < -0.4 is 0 Å². The number of carboxylic acid groups (broad SMARTS) is 1. The fourth-order valence-electron chi connectivity index (χ4n) is 1.93. The lowest BCUT2D eigenvalue weighted by molar-refractivity contribution is -0.145. The van der Waals surface area contributed by atoms with E-state index in [0.29, 0.717) is 19.6 Å². The van der Waals surface area contributed by atoms with Crippen LogP contribution in [-0.2, 0) is 9.53 Å². The number of piperazine rings is 1. The number of hydrogen-bond donors (Lipinski definition) is 1. The van der Waals surface area contributed by atoms with E-state index in [1.807, 2.05) is 11.8 Å². The SMILES string of the molecule is CCN1CCN(C(=O)OC(C)(C)C)CC1C(=O)O. The molecule has 0 aromatic rings. The molecule has 1 N–H and O–H groups in total. The number of carboxylic acids is 1. The number of amides is 1. The normalized spacial score (nSPS) is 21.8. The number of rotatable bonds is 2. The van der Waals surface area contributed by atoms with Gasteiger partial charge in [0.2, 0.25) is 0 Å². The zero-order valence-electron chi connectivity index (χ0n) is 11.5. The van der Waals surface area contributed by atoms with Crippen LogP contribution in [0.4, 0.5) is 4.79 Å². The highest BCUT2D eigenvalue weighted by atomic mass is 16.6. The summed E-state index contributed by atoms with van der Waals surface area (Å²) in [5.41, 5.74) is -0.558. The van der Waals surface area contributed by atoms with Crippen LogP contribution in [0.1, 0.15) is 27.7 Å². The van der Waals surface area contributed by atoms with Gasteiger partial charge in [-0.1, -0.05) is 6.92 Å². The van der Waals surface area contributed by atoms with E-state index in [0.717, 1.165) is 0 Å². The Morgan fingerprint density at radius 2 is 1.94 bits per heavy atom. The van der Waals surface area contributed by atoms with Crippen LogP contribution in [0.5, 0.6) is 0 Å². The van der Waals surface area contributed by atoms with Crippen LogP contribution in [-0.4, -0.2) is 64.8 Å². The Kier molecular flexibility index (Phi) is 4.56. The quantitative estimate of drug-likeness (QED) is 0.800. The fraction of sp³-hybridized carbons (Fsp3) is 0.833. The molecule has 1 saturated heterocycles. The van der Waals surface area contributed by atoms with Gasteiger partial charge in [-0.25, -0.2) is 4.79 Å². The molecule has 0 spiro atoms. The smallest absolute Gasteiger partial charge is 0.410 e. The summed E-state index contributed by atoms with van der Waals surface area (Å²) in [6.07, 6.45) is -0.440. The molecule has 1 unspecified atom stereocenters. The summed E-state index contributed by atoms with van der Waals surface area (Å²) in [5, 5.41) is 9.15. The second-order valence-electron chi connectivity index (χ2n) is 5.41. The third kappa shape index (κ3) is 3.87. The zero-order valence-corrected chi connectivity index (χ0v) is 11.5. The first-order valence-electron chi connectivity index (χ1n) is 6.19. The highest BCUT2D eigenvalue weighted by molar-refractivity contribution is 5.76. The molecule has 1 atom stereocenters. The van der Waals surface area contributed by atoms with E-state index in [1.165, 1.54) is 4.90 Å². The van der Waals surface area contributed by atoms with Crippen molar-refractivity contribution in [2.75, 3.05) is 26.2 Å². The highest BCUT2D eigenvalue weighted by Gasteiger charge is 2.34. The molecule has 6 nitrogen and oxygen atoms in total. The molecule has 1 amide bonds. The average Bonchev–Trinajstić information content (AvgIpc) is 2.25. The molecular weight excluding hydrogens is 236 g/mol. The topological polar surface area (TPSA) is 70.1 Å². The molecule has 0 aromatic heterocycles. The molecule has 1 rings (SSSR count). The van der Waals surface area contributed by atoms with Gasteiger partial charge in [0.1, 0.15) is 11.6 Å². The van der Waals surface area contributed by atoms with Gasteiger partial charge >= 0.3 is 12.1 Å². The van der Waals surface area contributed by atoms with Crippen molar-refractivity contribution < 1.29 is 19.4 Å². The molecule has 1 fully saturated rings. The van der Waals surface area contributed by atoms with Crippen molar-refractivity contribution in [3.05, 3.63) is 0 Å². The second-order valence-corrected chi connectivity index (χ2v) is 5.41. The van der Waals surface area contributed by atoms with Crippen LogP contribution in [0.2, 0.25) is 0 Å². The summed E-state index contributed by atoms with van der Waals surface area (Å²) in [6.45, 7) is 9.21. The van der Waals surface area contributed by atoms with Crippen molar-refractivity contribution in [2.24, 2.45) is 0 Å². The third-order valence-corrected chi connectivity index (χ3v) is 2.83. The minimum absolute atomic E-state index is 0.179. The van der Waals surface area contributed by atoms with Crippen LogP contribution in [0, 0.1) is 0 Å². The lowest BCUT2D eigenvalue weighted by Gasteiger charge is -2.39. The first-order valence-corrected chi connectivity index (χ1v) is 6.19. The largest absolute Gasteiger partial charge is 0.480 e. The van der Waals surface area contributed by atoms with Crippen LogP contribution in [0.3, 0.4) is 0 Å². The van der Waals surface area contributed by atoms with Crippen molar-refractivity contribution in [1.29, 1.82) is 0 Å². The van der Waals surface area contributed by atoms with E-state index in [2.05, 4.69) is 0 Å². The number of hydrogen-bond acceptors (Lipinski definition) is 4. The Morgan fingerprint density at radius 3 is 2.39 bits per heavy atom. The van der Waals surface area contributed by atoms with Crippen LogP contribution >= 0.6 is 0 Å². The van der Waals surface area contributed by atoms with Crippen molar-refractivity contribution in [2.45, 2.75) is 39.3 Å². The number of nitrogens with zero attached hydrogens (tertiary/aromatic N) is 2. The summed E-state index contributed by atoms with van der Waals surface area (Å²) in [6, 6.07) is -0.642. The molecule has 0 aliphatic carbocycles. The molecule has 1 aliphatic heterocycles. The van der Waals surface area contributed by atoms with E-state index in [9.17, 15) is 9.59 Å². The predicted molar refractivity (Wildman–Crippen MR) is 66.5 cm³/mol. The van der Waals surface area contributed by atoms with Gasteiger partial charge < -0.3 is 14.7 Å². The van der Waals surface area contributed by atoms with Crippen LogP contribution in [0.25, 0.3) is 0 Å². The van der Waals surface area contributed by atoms with Crippen molar-refractivity contribution in [3.8, 4) is 0 Å². The van der Waals surface area contributed by atoms with E-state index in [4.69, 9.17) is 9.84 Å². The maximum absolute atomic E-state index is 11.9. The zero-order chi connectivity index (χ0) is 13.9. The predicted octanol–water partition coefficient (Wildman–Crippen LogP) is 1.01. The second kappa shape index (κ2) is 5.56. The summed E-state index contributed by atoms with van der Waals surface area (Å²) < 4.78 is 5.25. The monoisotopic (exact) mass is 258 g/mol. The Balaban J connectivity index is 2.65. The molecule has 18 heavy (non-hydrogen) atoms. The molecule has 0 saturated carbocycles. The summed E-state index contributed by atoms with van der Waals surface area (Å²) in [7, 11) is 0. The summed E-state index contributed by atoms with van der Waals surface area (Å²) in [5.74, 6) is -0.898. The minimum atomic E-state index is -0.898. The van der Waals surface area contributed by atoms with E-state index in [-0.39, 0.29) is 6.54 Å². The maximum atomic E-state index is 11.9. The summed E-state index contributed by atoms with van der Waals surface area (Å²) >= 11 is 0. The van der Waals surface area contributed by atoms with Gasteiger partial charge in [-0.3, -0.25) is 9.69 Å². The van der Waals surface area contributed by atoms with Gasteiger partial charge in [0.15, 0.2) is 0 Å². The molecule has 1 heterocycles. The number of ether oxygens (including phenoxy) is 1. The van der Waals surface area contributed by atoms with E-state index in [1.54, 1.807) is 20.8 Å². The molecule has 6 heteroatoms. The van der Waals surface area contributed by atoms with Crippen molar-refractivity contribution in [1.82, 2.24) is 9.80 Å². The summed E-state index contributed by atoms with van der Waals surface area (Å²) in [4.78, 5) is 26.3. The first kappa shape index (κ1) is 14.8. The Bertz CT molecular complexity index is 325. The number of likely N-dealkylation sites (N-methyl/N-ethyl adjacent to an activating group) is 1. The molecule has 0 aromatic carbocycles. The molecule has 1 aliphatic rings. The Labute approximate surface area is 107 Å². The third-order valence-electron chi connectivity index (χ3n) is 2.83. The standard InChI is InChI=1S/C12H22N2O4/c1-5-13-6-7-14(8-9(13)10(15)16)11(17)18-12(2,3)4/h9H,5-8H2,1-4H3,(H,15,16). The van der Waals surface area contributed by atoms with Crippen molar-refractivity contribution >= 4 is 12.1 Å². The number of carbonyl (C=O) groups is 2. The highest BCUT2D eigenvalue weighted by Crippen LogP contribution is 2.14. The van der Waals surface area contributed by atoms with Gasteiger partial charge in [0.25, 0.3) is 0 Å². The first-order chi connectivity index (χ1) is 8.24. The fourth-order valence-corrected chi connectivity index (χ4v) is 1.93. The molecule has 0 radical (unpaired) electrons. The average molecular weight is 258 g/mol. The number of aliphatic carboxylic acids is 1. The van der Waals surface area contributed by atoms with Crippen molar-refractivity contribution in [3.63, 3.8) is 0 Å². The molecule has 0 bridgehead atoms. The van der Waals surface area contributed by atoms with Gasteiger partial charge in [-0.05, 0) is 27.3 Å². The van der Waals surface area contributed by atoms with E-state index < -0.39 is 23.7 Å².